The lowest BCUT2D eigenvalue weighted by molar-refractivity contribution is -0.0699. The maximum Gasteiger partial charge on any atom is 0.275 e. The minimum absolute atomic E-state index is 0.121. The summed E-state index contributed by atoms with van der Waals surface area (Å²) < 4.78 is 7.45. The lowest BCUT2D eigenvalue weighted by Crippen LogP contribution is -2.42. The molecule has 1 unspecified atom stereocenters. The second-order valence-corrected chi connectivity index (χ2v) is 8.07. The third-order valence-electron chi connectivity index (χ3n) is 3.99. The van der Waals surface area contributed by atoms with Crippen molar-refractivity contribution >= 4 is 16.3 Å². The van der Waals surface area contributed by atoms with Gasteiger partial charge in [0, 0.05) is 17.8 Å². The van der Waals surface area contributed by atoms with Gasteiger partial charge in [-0.3, -0.25) is 4.79 Å². The van der Waals surface area contributed by atoms with E-state index in [4.69, 9.17) is 4.74 Å². The molecule has 1 fully saturated rings. The van der Waals surface area contributed by atoms with Gasteiger partial charge >= 0.3 is 0 Å². The molecule has 3 rings (SSSR count). The van der Waals surface area contributed by atoms with Gasteiger partial charge in [-0.15, -0.1) is 0 Å². The normalized spacial score (nSPS) is 23.2. The third-order valence-corrected chi connectivity index (χ3v) is 4.90. The van der Waals surface area contributed by atoms with Crippen LogP contribution in [0.1, 0.15) is 44.8 Å². The van der Waals surface area contributed by atoms with Gasteiger partial charge in [0.1, 0.15) is 5.01 Å². The predicted octanol–water partition coefficient (Wildman–Crippen LogP) is 1.90. The van der Waals surface area contributed by atoms with Crippen LogP contribution in [-0.4, -0.2) is 31.8 Å². The van der Waals surface area contributed by atoms with Crippen molar-refractivity contribution in [2.45, 2.75) is 64.8 Å². The number of hydrogen-bond donors (Lipinski definition) is 1. The van der Waals surface area contributed by atoms with E-state index < -0.39 is 0 Å². The lowest BCUT2D eigenvalue weighted by atomic mass is 9.94. The first kappa shape index (κ1) is 15.6. The van der Waals surface area contributed by atoms with Crippen molar-refractivity contribution in [3.63, 3.8) is 0 Å². The quantitative estimate of drug-likeness (QED) is 0.934. The standard InChI is InChI=1S/C15H22N4O2S/c1-9-6-12(20)19-13(17-9)22-11(18-19)8-16-10-7-14(2,3)21-15(10,4)5/h6,10,16H,7-8H2,1-5H3. The van der Waals surface area contributed by atoms with Gasteiger partial charge in [-0.05, 0) is 41.0 Å². The molecule has 0 aromatic carbocycles. The molecule has 22 heavy (non-hydrogen) atoms. The highest BCUT2D eigenvalue weighted by Gasteiger charge is 2.45. The van der Waals surface area contributed by atoms with E-state index in [0.29, 0.717) is 11.5 Å². The summed E-state index contributed by atoms with van der Waals surface area (Å²) >= 11 is 1.45. The number of hydrogen-bond acceptors (Lipinski definition) is 6. The first-order valence-corrected chi connectivity index (χ1v) is 8.28. The maximum absolute atomic E-state index is 11.9. The smallest absolute Gasteiger partial charge is 0.275 e. The lowest BCUT2D eigenvalue weighted by Gasteiger charge is -2.27. The van der Waals surface area contributed by atoms with Gasteiger partial charge in [0.2, 0.25) is 4.96 Å². The SMILES string of the molecule is Cc1cc(=O)n2nc(CNC3CC(C)(C)OC3(C)C)sc2n1. The summed E-state index contributed by atoms with van der Waals surface area (Å²) in [5, 5.41) is 8.73. The Balaban J connectivity index is 1.77. The average molecular weight is 322 g/mol. The molecule has 120 valence electrons. The van der Waals surface area contributed by atoms with Crippen LogP contribution in [0.3, 0.4) is 0 Å². The molecule has 1 aliphatic rings. The van der Waals surface area contributed by atoms with E-state index in [1.165, 1.54) is 21.9 Å². The molecule has 2 aromatic rings. The highest BCUT2D eigenvalue weighted by molar-refractivity contribution is 7.16. The zero-order valence-corrected chi connectivity index (χ0v) is 14.5. The van der Waals surface area contributed by atoms with Gasteiger partial charge in [0.25, 0.3) is 5.56 Å². The van der Waals surface area contributed by atoms with Crippen LogP contribution in [0.15, 0.2) is 10.9 Å². The number of ether oxygens (including phenoxy) is 1. The van der Waals surface area contributed by atoms with Crippen LogP contribution in [0.2, 0.25) is 0 Å². The molecule has 2 aromatic heterocycles. The molecule has 0 radical (unpaired) electrons. The van der Waals surface area contributed by atoms with Crippen molar-refractivity contribution in [1.29, 1.82) is 0 Å². The fourth-order valence-electron chi connectivity index (χ4n) is 3.12. The molecule has 1 N–H and O–H groups in total. The summed E-state index contributed by atoms with van der Waals surface area (Å²) in [6.07, 6.45) is 0.947. The van der Waals surface area contributed by atoms with Crippen molar-refractivity contribution in [1.82, 2.24) is 19.9 Å². The number of aromatic nitrogens is 3. The van der Waals surface area contributed by atoms with Crippen LogP contribution in [-0.2, 0) is 11.3 Å². The molecule has 0 spiro atoms. The monoisotopic (exact) mass is 322 g/mol. The van der Waals surface area contributed by atoms with Gasteiger partial charge in [0.05, 0.1) is 17.7 Å². The van der Waals surface area contributed by atoms with Crippen LogP contribution in [0.4, 0.5) is 0 Å². The second kappa shape index (κ2) is 5.11. The predicted molar refractivity (Wildman–Crippen MR) is 86.4 cm³/mol. The molecule has 0 bridgehead atoms. The van der Waals surface area contributed by atoms with Crippen LogP contribution < -0.4 is 10.9 Å². The maximum atomic E-state index is 11.9. The van der Waals surface area contributed by atoms with Crippen molar-refractivity contribution in [2.75, 3.05) is 0 Å². The molecule has 7 heteroatoms. The Kier molecular flexibility index (Phi) is 3.62. The number of nitrogens with one attached hydrogen (secondary N) is 1. The highest BCUT2D eigenvalue weighted by atomic mass is 32.1. The second-order valence-electron chi connectivity index (χ2n) is 7.03. The summed E-state index contributed by atoms with van der Waals surface area (Å²) in [6, 6.07) is 1.75. The first-order valence-electron chi connectivity index (χ1n) is 7.46. The summed E-state index contributed by atoms with van der Waals surface area (Å²) in [6.45, 7) is 10.9. The van der Waals surface area contributed by atoms with Crippen LogP contribution >= 0.6 is 11.3 Å². The summed E-state index contributed by atoms with van der Waals surface area (Å²) in [7, 11) is 0. The van der Waals surface area contributed by atoms with Gasteiger partial charge in [-0.1, -0.05) is 11.3 Å². The molecular weight excluding hydrogens is 300 g/mol. The summed E-state index contributed by atoms with van der Waals surface area (Å²) in [4.78, 5) is 16.9. The largest absolute Gasteiger partial charge is 0.368 e. The Morgan fingerprint density at radius 3 is 2.82 bits per heavy atom. The van der Waals surface area contributed by atoms with E-state index in [9.17, 15) is 4.79 Å². The molecular formula is C15H22N4O2S. The van der Waals surface area contributed by atoms with Crippen LogP contribution in [0.5, 0.6) is 0 Å². The van der Waals surface area contributed by atoms with Gasteiger partial charge < -0.3 is 10.1 Å². The Labute approximate surface area is 133 Å². The molecule has 0 aliphatic carbocycles. The minimum atomic E-state index is -0.216. The van der Waals surface area contributed by atoms with Gasteiger partial charge in [-0.2, -0.15) is 9.61 Å². The van der Waals surface area contributed by atoms with Crippen molar-refractivity contribution in [3.05, 3.63) is 27.1 Å². The van der Waals surface area contributed by atoms with Crippen molar-refractivity contribution in [3.8, 4) is 0 Å². The van der Waals surface area contributed by atoms with E-state index in [2.05, 4.69) is 43.1 Å². The fraction of sp³-hybridized carbons (Fsp3) is 0.667. The number of rotatable bonds is 3. The highest BCUT2D eigenvalue weighted by Crippen LogP contribution is 2.37. The zero-order valence-electron chi connectivity index (χ0n) is 13.6. The van der Waals surface area contributed by atoms with E-state index in [1.54, 1.807) is 0 Å². The van der Waals surface area contributed by atoms with E-state index in [1.807, 2.05) is 6.92 Å². The van der Waals surface area contributed by atoms with E-state index in [0.717, 1.165) is 17.1 Å². The number of nitrogens with zero attached hydrogens (tertiary/aromatic N) is 3. The molecule has 0 amide bonds. The molecule has 1 aliphatic heterocycles. The van der Waals surface area contributed by atoms with E-state index >= 15 is 0 Å². The van der Waals surface area contributed by atoms with E-state index in [-0.39, 0.29) is 22.8 Å². The first-order chi connectivity index (χ1) is 10.2. The van der Waals surface area contributed by atoms with Crippen molar-refractivity contribution in [2.24, 2.45) is 0 Å². The van der Waals surface area contributed by atoms with Crippen molar-refractivity contribution < 1.29 is 4.74 Å². The van der Waals surface area contributed by atoms with Gasteiger partial charge in [0.15, 0.2) is 0 Å². The molecule has 3 heterocycles. The Morgan fingerprint density at radius 2 is 2.18 bits per heavy atom. The Bertz CT molecular complexity index is 762. The third kappa shape index (κ3) is 2.93. The zero-order chi connectivity index (χ0) is 16.1. The Morgan fingerprint density at radius 1 is 1.45 bits per heavy atom. The molecule has 1 saturated heterocycles. The van der Waals surface area contributed by atoms with Crippen LogP contribution in [0.25, 0.3) is 4.96 Å². The number of aryl methyl sites for hydroxylation is 1. The molecule has 1 atom stereocenters. The number of fused-ring (bicyclic) bond motifs is 1. The fourth-order valence-corrected chi connectivity index (χ4v) is 4.02. The minimum Gasteiger partial charge on any atom is -0.368 e. The average Bonchev–Trinajstić information content (AvgIpc) is 2.84. The van der Waals surface area contributed by atoms with Gasteiger partial charge in [-0.25, -0.2) is 4.98 Å². The molecule has 6 nitrogen and oxygen atoms in total. The summed E-state index contributed by atoms with van der Waals surface area (Å²) in [5.74, 6) is 0. The summed E-state index contributed by atoms with van der Waals surface area (Å²) in [5.41, 5.74) is 0.256. The molecule has 0 saturated carbocycles. The topological polar surface area (TPSA) is 68.5 Å². The Hall–Kier alpha value is -1.31. The van der Waals surface area contributed by atoms with Crippen LogP contribution in [0, 0.1) is 6.92 Å².